The van der Waals surface area contributed by atoms with E-state index in [1.165, 1.54) is 6.20 Å². The molecule has 0 aliphatic rings. The lowest BCUT2D eigenvalue weighted by Gasteiger charge is -2.14. The van der Waals surface area contributed by atoms with Crippen molar-refractivity contribution in [2.45, 2.75) is 18.0 Å². The molecule has 3 rings (SSSR count). The summed E-state index contributed by atoms with van der Waals surface area (Å²) in [7, 11) is -1.20. The van der Waals surface area contributed by atoms with Crippen LogP contribution in [0, 0.1) is 0 Å². The van der Waals surface area contributed by atoms with Crippen LogP contribution in [-0.2, 0) is 10.8 Å². The second-order valence-electron chi connectivity index (χ2n) is 5.32. The summed E-state index contributed by atoms with van der Waals surface area (Å²) in [5.41, 5.74) is 1.07. The first-order valence-electron chi connectivity index (χ1n) is 7.19. The Hall–Kier alpha value is -2.25. The molecule has 0 fully saturated rings. The van der Waals surface area contributed by atoms with Crippen LogP contribution in [0.1, 0.15) is 18.5 Å². The molecule has 124 valence electrons. The number of nitrogens with zero attached hydrogens (tertiary/aromatic N) is 2. The van der Waals surface area contributed by atoms with Gasteiger partial charge in [-0.25, -0.2) is 9.97 Å². The average molecular weight is 363 g/mol. The molecule has 3 aromatic rings. The largest absolute Gasteiger partial charge is 0.347 e. The number of aromatic nitrogens is 3. The van der Waals surface area contributed by atoms with Crippen molar-refractivity contribution in [2.75, 3.05) is 11.6 Å². The van der Waals surface area contributed by atoms with Crippen molar-refractivity contribution in [1.29, 1.82) is 0 Å². The predicted molar refractivity (Wildman–Crippen MR) is 96.0 cm³/mol. The summed E-state index contributed by atoms with van der Waals surface area (Å²) in [5.74, 6) is 0.320. The van der Waals surface area contributed by atoms with Gasteiger partial charge < -0.3 is 10.3 Å². The molecule has 2 atom stereocenters. The lowest BCUT2D eigenvalue weighted by atomic mass is 10.1. The van der Waals surface area contributed by atoms with Crippen LogP contribution in [0.15, 0.2) is 46.3 Å². The normalized spacial score (nSPS) is 13.6. The van der Waals surface area contributed by atoms with Gasteiger partial charge >= 0.3 is 0 Å². The number of hydrogen-bond donors (Lipinski definition) is 2. The van der Waals surface area contributed by atoms with Gasteiger partial charge in [0.2, 0.25) is 5.95 Å². The maximum Gasteiger partial charge on any atom is 0.253 e. The van der Waals surface area contributed by atoms with E-state index in [2.05, 4.69) is 20.3 Å². The van der Waals surface area contributed by atoms with Crippen molar-refractivity contribution >= 4 is 39.3 Å². The van der Waals surface area contributed by atoms with Gasteiger partial charge in [0.15, 0.2) is 0 Å². The smallest absolute Gasteiger partial charge is 0.253 e. The third-order valence-electron chi connectivity index (χ3n) is 3.57. The van der Waals surface area contributed by atoms with E-state index in [0.29, 0.717) is 21.6 Å². The Kier molecular flexibility index (Phi) is 4.64. The molecule has 0 saturated carbocycles. The van der Waals surface area contributed by atoms with Crippen LogP contribution in [0.4, 0.5) is 5.95 Å². The van der Waals surface area contributed by atoms with Gasteiger partial charge in [-0.3, -0.25) is 9.00 Å². The third-order valence-corrected chi connectivity index (χ3v) is 4.62. The minimum absolute atomic E-state index is 0.194. The molecule has 2 N–H and O–H groups in total. The molecule has 0 aliphatic heterocycles. The summed E-state index contributed by atoms with van der Waals surface area (Å²) in [4.78, 5) is 23.4. The van der Waals surface area contributed by atoms with Crippen LogP contribution in [0.5, 0.6) is 0 Å². The van der Waals surface area contributed by atoms with Crippen LogP contribution >= 0.6 is 11.6 Å². The van der Waals surface area contributed by atoms with E-state index in [0.717, 1.165) is 10.9 Å². The highest BCUT2D eigenvalue weighted by Gasteiger charge is 2.13. The van der Waals surface area contributed by atoms with Crippen molar-refractivity contribution in [3.63, 3.8) is 0 Å². The Morgan fingerprint density at radius 3 is 2.83 bits per heavy atom. The van der Waals surface area contributed by atoms with Gasteiger partial charge in [-0.15, -0.1) is 0 Å². The van der Waals surface area contributed by atoms with Crippen LogP contribution in [0.25, 0.3) is 10.9 Å². The Morgan fingerprint density at radius 1 is 1.29 bits per heavy atom. The standard InChI is InChI=1S/C16H15ClN4O2S/c1-9(19-16-18-6-5-14(21-16)24(2)23)12-8-10-7-11(17)3-4-13(10)20-15(12)22/h3-9H,1-2H3,(H,20,22)(H,18,19,21)/t9-,24+/m0/s1. The molecule has 8 heteroatoms. The fraction of sp³-hybridized carbons (Fsp3) is 0.188. The van der Waals surface area contributed by atoms with E-state index in [-0.39, 0.29) is 11.6 Å². The van der Waals surface area contributed by atoms with Crippen molar-refractivity contribution in [2.24, 2.45) is 0 Å². The third kappa shape index (κ3) is 3.47. The molecule has 2 aromatic heterocycles. The molecule has 0 amide bonds. The first-order chi connectivity index (χ1) is 11.4. The second kappa shape index (κ2) is 6.70. The molecule has 1 aromatic carbocycles. The summed E-state index contributed by atoms with van der Waals surface area (Å²) in [6.45, 7) is 1.83. The number of hydrogen-bond acceptors (Lipinski definition) is 5. The van der Waals surface area contributed by atoms with Gasteiger partial charge in [-0.2, -0.15) is 0 Å². The van der Waals surface area contributed by atoms with Crippen molar-refractivity contribution in [1.82, 2.24) is 15.0 Å². The SMILES string of the molecule is C[C@H](Nc1nccc([S@@](C)=O)n1)c1cc2cc(Cl)ccc2[nH]c1=O. The zero-order valence-corrected chi connectivity index (χ0v) is 14.6. The minimum atomic E-state index is -1.20. The first kappa shape index (κ1) is 16.6. The molecule has 0 bridgehead atoms. The highest BCUT2D eigenvalue weighted by Crippen LogP contribution is 2.21. The Labute approximate surface area is 145 Å². The van der Waals surface area contributed by atoms with E-state index >= 15 is 0 Å². The van der Waals surface area contributed by atoms with E-state index in [4.69, 9.17) is 11.6 Å². The van der Waals surface area contributed by atoms with Crippen LogP contribution in [0.3, 0.4) is 0 Å². The zero-order chi connectivity index (χ0) is 17.3. The fourth-order valence-corrected chi connectivity index (χ4v) is 3.01. The van der Waals surface area contributed by atoms with Crippen molar-refractivity contribution < 1.29 is 4.21 Å². The second-order valence-corrected chi connectivity index (χ2v) is 7.09. The van der Waals surface area contributed by atoms with Gasteiger partial charge in [-0.05, 0) is 37.3 Å². The van der Waals surface area contributed by atoms with Crippen molar-refractivity contribution in [3.8, 4) is 0 Å². The summed E-state index contributed by atoms with van der Waals surface area (Å²) >= 11 is 6.01. The molecule has 0 aliphatic carbocycles. The molecule has 0 saturated heterocycles. The predicted octanol–water partition coefficient (Wildman–Crippen LogP) is 2.88. The zero-order valence-electron chi connectivity index (χ0n) is 13.0. The fourth-order valence-electron chi connectivity index (χ4n) is 2.36. The van der Waals surface area contributed by atoms with Gasteiger partial charge in [0.25, 0.3) is 5.56 Å². The quantitative estimate of drug-likeness (QED) is 0.697. The van der Waals surface area contributed by atoms with Crippen LogP contribution in [-0.4, -0.2) is 25.4 Å². The van der Waals surface area contributed by atoms with Gasteiger partial charge in [0, 0.05) is 33.9 Å². The highest BCUT2D eigenvalue weighted by molar-refractivity contribution is 7.84. The number of benzene rings is 1. The highest BCUT2D eigenvalue weighted by atomic mass is 35.5. The first-order valence-corrected chi connectivity index (χ1v) is 9.13. The summed E-state index contributed by atoms with van der Waals surface area (Å²) in [5, 5.41) is 4.94. The number of rotatable bonds is 4. The summed E-state index contributed by atoms with van der Waals surface area (Å²) in [6.07, 6.45) is 3.08. The number of anilines is 1. The van der Waals surface area contributed by atoms with Gasteiger partial charge in [-0.1, -0.05) is 11.6 Å². The topological polar surface area (TPSA) is 87.7 Å². The number of halogens is 1. The monoisotopic (exact) mass is 362 g/mol. The minimum Gasteiger partial charge on any atom is -0.347 e. The van der Waals surface area contributed by atoms with Crippen LogP contribution in [0.2, 0.25) is 5.02 Å². The van der Waals surface area contributed by atoms with E-state index < -0.39 is 10.8 Å². The molecular formula is C16H15ClN4O2S. The lowest BCUT2D eigenvalue weighted by Crippen LogP contribution is -2.20. The van der Waals surface area contributed by atoms with E-state index in [9.17, 15) is 9.00 Å². The number of fused-ring (bicyclic) bond motifs is 1. The van der Waals surface area contributed by atoms with Crippen molar-refractivity contribution in [3.05, 3.63) is 57.5 Å². The maximum absolute atomic E-state index is 12.3. The molecule has 0 radical (unpaired) electrons. The average Bonchev–Trinajstić information content (AvgIpc) is 2.54. The van der Waals surface area contributed by atoms with Crippen LogP contribution < -0.4 is 10.9 Å². The molecule has 24 heavy (non-hydrogen) atoms. The Balaban J connectivity index is 1.95. The number of H-pyrrole nitrogens is 1. The Morgan fingerprint density at radius 2 is 2.08 bits per heavy atom. The molecule has 0 spiro atoms. The Bertz CT molecular complexity index is 989. The number of aromatic amines is 1. The van der Waals surface area contributed by atoms with Gasteiger partial charge in [0.05, 0.1) is 16.8 Å². The summed E-state index contributed by atoms with van der Waals surface area (Å²) < 4.78 is 11.5. The molecule has 0 unspecified atom stereocenters. The molecule has 2 heterocycles. The molecule has 6 nitrogen and oxygen atoms in total. The van der Waals surface area contributed by atoms with E-state index in [1.54, 1.807) is 36.6 Å². The number of nitrogens with one attached hydrogen (secondary N) is 2. The molecular weight excluding hydrogens is 348 g/mol. The lowest BCUT2D eigenvalue weighted by molar-refractivity contribution is 0.683. The van der Waals surface area contributed by atoms with E-state index in [1.807, 2.05) is 6.92 Å². The summed E-state index contributed by atoms with van der Waals surface area (Å²) in [6, 6.07) is 8.34. The maximum atomic E-state index is 12.3. The van der Waals surface area contributed by atoms with Gasteiger partial charge in [0.1, 0.15) is 5.03 Å². The number of pyridine rings is 1.